The number of benzene rings is 1. The number of rotatable bonds is 4. The number of halogens is 2. The molecule has 3 heteroatoms. The monoisotopic (exact) mass is 315 g/mol. The number of aryl methyl sites for hydroxylation is 1. The van der Waals surface area contributed by atoms with Crippen LogP contribution in [0.5, 0.6) is 0 Å². The van der Waals surface area contributed by atoms with E-state index in [0.29, 0.717) is 11.8 Å². The Morgan fingerprint density at radius 1 is 0.957 bits per heavy atom. The van der Waals surface area contributed by atoms with Gasteiger partial charge in [-0.05, 0) is 66.7 Å². The van der Waals surface area contributed by atoms with Gasteiger partial charge in [-0.15, -0.1) is 0 Å². The molecule has 1 aromatic heterocycles. The molecular formula is C20H23F2N. The zero-order valence-electron chi connectivity index (χ0n) is 13.6. The molecule has 0 amide bonds. The third-order valence-corrected chi connectivity index (χ3v) is 5.01. The van der Waals surface area contributed by atoms with Crippen LogP contribution in [0.15, 0.2) is 36.5 Å². The quantitative estimate of drug-likeness (QED) is 0.654. The molecule has 0 bridgehead atoms. The predicted octanol–water partition coefficient (Wildman–Crippen LogP) is 5.75. The Morgan fingerprint density at radius 2 is 1.57 bits per heavy atom. The van der Waals surface area contributed by atoms with Gasteiger partial charge in [0.15, 0.2) is 5.82 Å². The summed E-state index contributed by atoms with van der Waals surface area (Å²) < 4.78 is 26.3. The summed E-state index contributed by atoms with van der Waals surface area (Å²) in [6.45, 7) is 2.20. The summed E-state index contributed by atoms with van der Waals surface area (Å²) in [7, 11) is 0. The number of aromatic nitrogens is 1. The van der Waals surface area contributed by atoms with Gasteiger partial charge in [0.2, 0.25) is 5.95 Å². The van der Waals surface area contributed by atoms with E-state index in [9.17, 15) is 8.78 Å². The van der Waals surface area contributed by atoms with Gasteiger partial charge in [0, 0.05) is 6.20 Å². The van der Waals surface area contributed by atoms with Crippen LogP contribution in [-0.4, -0.2) is 4.98 Å². The van der Waals surface area contributed by atoms with Crippen LogP contribution in [0.3, 0.4) is 0 Å². The molecule has 1 heterocycles. The highest BCUT2D eigenvalue weighted by Gasteiger charge is 2.24. The Balaban J connectivity index is 1.62. The van der Waals surface area contributed by atoms with Crippen molar-refractivity contribution < 1.29 is 8.78 Å². The minimum atomic E-state index is -1.00. The molecule has 0 atom stereocenters. The van der Waals surface area contributed by atoms with Crippen LogP contribution in [0.1, 0.15) is 67.6 Å². The summed E-state index contributed by atoms with van der Waals surface area (Å²) in [5, 5.41) is 0. The van der Waals surface area contributed by atoms with Crippen molar-refractivity contribution in [3.63, 3.8) is 0 Å². The highest BCUT2D eigenvalue weighted by molar-refractivity contribution is 5.27. The third-order valence-electron chi connectivity index (χ3n) is 5.01. The van der Waals surface area contributed by atoms with E-state index < -0.39 is 11.8 Å². The minimum Gasteiger partial charge on any atom is -0.225 e. The molecule has 1 aromatic carbocycles. The van der Waals surface area contributed by atoms with Gasteiger partial charge in [-0.3, -0.25) is 0 Å². The highest BCUT2D eigenvalue weighted by Crippen LogP contribution is 2.40. The predicted molar refractivity (Wildman–Crippen MR) is 88.5 cm³/mol. The van der Waals surface area contributed by atoms with Gasteiger partial charge in [0.05, 0.1) is 0 Å². The van der Waals surface area contributed by atoms with Gasteiger partial charge in [-0.1, -0.05) is 37.6 Å². The number of nitrogens with zero attached hydrogens (tertiary/aromatic N) is 1. The van der Waals surface area contributed by atoms with Crippen LogP contribution in [0.2, 0.25) is 0 Å². The molecule has 1 fully saturated rings. The fourth-order valence-corrected chi connectivity index (χ4v) is 3.66. The van der Waals surface area contributed by atoms with Crippen molar-refractivity contribution in [3.05, 3.63) is 65.0 Å². The molecule has 0 radical (unpaired) electrons. The summed E-state index contributed by atoms with van der Waals surface area (Å²) in [4.78, 5) is 3.52. The summed E-state index contributed by atoms with van der Waals surface area (Å²) in [5.41, 5.74) is 3.64. The van der Waals surface area contributed by atoms with Gasteiger partial charge >= 0.3 is 0 Å². The van der Waals surface area contributed by atoms with Crippen molar-refractivity contribution in [1.82, 2.24) is 4.98 Å². The molecule has 0 aliphatic heterocycles. The third kappa shape index (κ3) is 3.77. The maximum atomic E-state index is 13.3. The molecule has 0 N–H and O–H groups in total. The lowest BCUT2D eigenvalue weighted by molar-refractivity contribution is 0.392. The molecule has 0 saturated heterocycles. The standard InChI is InChI=1S/C20H23F2N/c1-2-3-14-4-6-15(7-5-14)16-8-10-17(11-9-16)18-12-19(21)20(22)23-13-18/h4-7,12-13,16-17H,2-3,8-11H2,1H3/t16-,17-. The lowest BCUT2D eigenvalue weighted by Crippen LogP contribution is -2.13. The SMILES string of the molecule is CCCc1ccc([C@H]2CC[C@H](c3cnc(F)c(F)c3)CC2)cc1. The van der Waals surface area contributed by atoms with Crippen molar-refractivity contribution in [3.8, 4) is 0 Å². The van der Waals surface area contributed by atoms with Gasteiger partial charge in [0.25, 0.3) is 0 Å². The van der Waals surface area contributed by atoms with E-state index in [4.69, 9.17) is 0 Å². The van der Waals surface area contributed by atoms with Gasteiger partial charge in [-0.2, -0.15) is 4.39 Å². The number of pyridine rings is 1. The first-order chi connectivity index (χ1) is 11.2. The minimum absolute atomic E-state index is 0.299. The molecule has 2 aromatic rings. The van der Waals surface area contributed by atoms with Gasteiger partial charge < -0.3 is 0 Å². The molecular weight excluding hydrogens is 292 g/mol. The smallest absolute Gasteiger partial charge is 0.225 e. The molecule has 1 saturated carbocycles. The van der Waals surface area contributed by atoms with Gasteiger partial charge in [0.1, 0.15) is 0 Å². The Labute approximate surface area is 136 Å². The van der Waals surface area contributed by atoms with Gasteiger partial charge in [-0.25, -0.2) is 9.37 Å². The Hall–Kier alpha value is -1.77. The fraction of sp³-hybridized carbons (Fsp3) is 0.450. The van der Waals surface area contributed by atoms with Crippen molar-refractivity contribution in [1.29, 1.82) is 0 Å². The largest absolute Gasteiger partial charge is 0.248 e. The molecule has 23 heavy (non-hydrogen) atoms. The molecule has 0 spiro atoms. The second-order valence-corrected chi connectivity index (χ2v) is 6.58. The molecule has 122 valence electrons. The second kappa shape index (κ2) is 7.20. The van der Waals surface area contributed by atoms with E-state index in [2.05, 4.69) is 36.2 Å². The first kappa shape index (κ1) is 16.1. The second-order valence-electron chi connectivity index (χ2n) is 6.58. The molecule has 1 aliphatic carbocycles. The summed E-state index contributed by atoms with van der Waals surface area (Å²) in [6, 6.07) is 10.3. The van der Waals surface area contributed by atoms with Crippen LogP contribution in [0.25, 0.3) is 0 Å². The Kier molecular flexibility index (Phi) is 5.04. The number of hydrogen-bond acceptors (Lipinski definition) is 1. The lowest BCUT2D eigenvalue weighted by atomic mass is 9.76. The first-order valence-electron chi connectivity index (χ1n) is 8.57. The maximum Gasteiger partial charge on any atom is 0.248 e. The average molecular weight is 315 g/mol. The van der Waals surface area contributed by atoms with Crippen molar-refractivity contribution in [2.45, 2.75) is 57.3 Å². The van der Waals surface area contributed by atoms with Crippen LogP contribution >= 0.6 is 0 Å². The van der Waals surface area contributed by atoms with Crippen molar-refractivity contribution >= 4 is 0 Å². The fourth-order valence-electron chi connectivity index (χ4n) is 3.66. The normalized spacial score (nSPS) is 21.3. The zero-order chi connectivity index (χ0) is 16.2. The summed E-state index contributed by atoms with van der Waals surface area (Å²) in [5.74, 6) is -0.959. The Bertz CT molecular complexity index is 643. The number of hydrogen-bond donors (Lipinski definition) is 0. The maximum absolute atomic E-state index is 13.3. The molecule has 1 aliphatic rings. The van der Waals surface area contributed by atoms with E-state index in [0.717, 1.165) is 37.7 Å². The molecule has 0 unspecified atom stereocenters. The van der Waals surface area contributed by atoms with E-state index in [1.54, 1.807) is 0 Å². The molecule has 1 nitrogen and oxygen atoms in total. The van der Waals surface area contributed by atoms with E-state index in [1.807, 2.05) is 0 Å². The highest BCUT2D eigenvalue weighted by atomic mass is 19.2. The zero-order valence-corrected chi connectivity index (χ0v) is 13.6. The Morgan fingerprint density at radius 3 is 2.13 bits per heavy atom. The molecule has 3 rings (SSSR count). The van der Waals surface area contributed by atoms with E-state index in [-0.39, 0.29) is 0 Å². The summed E-state index contributed by atoms with van der Waals surface area (Å²) >= 11 is 0. The van der Waals surface area contributed by atoms with Crippen LogP contribution < -0.4 is 0 Å². The summed E-state index contributed by atoms with van der Waals surface area (Å²) in [6.07, 6.45) is 8.00. The van der Waals surface area contributed by atoms with E-state index >= 15 is 0 Å². The average Bonchev–Trinajstić information content (AvgIpc) is 2.59. The van der Waals surface area contributed by atoms with Crippen molar-refractivity contribution in [2.75, 3.05) is 0 Å². The van der Waals surface area contributed by atoms with Crippen molar-refractivity contribution in [2.24, 2.45) is 0 Å². The van der Waals surface area contributed by atoms with Crippen LogP contribution in [-0.2, 0) is 6.42 Å². The first-order valence-corrected chi connectivity index (χ1v) is 8.57. The van der Waals surface area contributed by atoms with E-state index in [1.165, 1.54) is 29.8 Å². The van der Waals surface area contributed by atoms with Crippen LogP contribution in [0.4, 0.5) is 8.78 Å². The lowest BCUT2D eigenvalue weighted by Gasteiger charge is -2.29. The van der Waals surface area contributed by atoms with Crippen LogP contribution in [0, 0.1) is 11.8 Å². The topological polar surface area (TPSA) is 12.9 Å².